The second-order valence-corrected chi connectivity index (χ2v) is 3.80. The molecule has 0 unspecified atom stereocenters. The summed E-state index contributed by atoms with van der Waals surface area (Å²) in [6.07, 6.45) is 5.88. The number of hydrogen-bond acceptors (Lipinski definition) is 1. The Morgan fingerprint density at radius 2 is 1.12 bits per heavy atom. The Balaban J connectivity index is 2.14. The average molecular weight is 222 g/mol. The number of rotatable bonds is 3. The van der Waals surface area contributed by atoms with E-state index in [0.717, 1.165) is 16.7 Å². The molecule has 1 nitrogen and oxygen atoms in total. The van der Waals surface area contributed by atoms with E-state index in [9.17, 15) is 0 Å². The van der Waals surface area contributed by atoms with Crippen molar-refractivity contribution in [3.8, 4) is 5.75 Å². The average Bonchev–Trinajstić information content (AvgIpc) is 2.39. The molecule has 0 saturated heterocycles. The molecule has 0 heterocycles. The summed E-state index contributed by atoms with van der Waals surface area (Å²) in [7, 11) is 0. The molecule has 17 heavy (non-hydrogen) atoms. The second-order valence-electron chi connectivity index (χ2n) is 3.80. The van der Waals surface area contributed by atoms with Gasteiger partial charge in [-0.05, 0) is 28.8 Å². The van der Waals surface area contributed by atoms with Crippen LogP contribution in [0.5, 0.6) is 5.75 Å². The van der Waals surface area contributed by atoms with Crippen molar-refractivity contribution in [2.75, 3.05) is 0 Å². The van der Waals surface area contributed by atoms with Gasteiger partial charge in [-0.15, -0.1) is 0 Å². The molecule has 0 aromatic heterocycles. The Morgan fingerprint density at radius 1 is 0.706 bits per heavy atom. The van der Waals surface area contributed by atoms with Crippen LogP contribution in [-0.4, -0.2) is 5.11 Å². The summed E-state index contributed by atoms with van der Waals surface area (Å²) >= 11 is 0. The highest BCUT2D eigenvalue weighted by atomic mass is 16.3. The largest absolute Gasteiger partial charge is 0.508 e. The van der Waals surface area contributed by atoms with Crippen LogP contribution in [0.1, 0.15) is 16.7 Å². The molecule has 2 rings (SSSR count). The number of benzene rings is 2. The molecular formula is C16H14O. The van der Waals surface area contributed by atoms with Crippen molar-refractivity contribution in [3.63, 3.8) is 0 Å². The van der Waals surface area contributed by atoms with Crippen molar-refractivity contribution in [2.24, 2.45) is 0 Å². The van der Waals surface area contributed by atoms with Crippen LogP contribution in [0.2, 0.25) is 0 Å². The normalized spacial score (nSPS) is 10.6. The highest BCUT2D eigenvalue weighted by Gasteiger charge is 1.90. The SMILES string of the molecule is C=Cc1ccc(/C=C/c2ccc(O)cc2)cc1. The predicted octanol–water partition coefficient (Wildman–Crippen LogP) is 4.21. The van der Waals surface area contributed by atoms with E-state index in [2.05, 4.69) is 6.58 Å². The van der Waals surface area contributed by atoms with Crippen LogP contribution in [0, 0.1) is 0 Å². The van der Waals surface area contributed by atoms with Crippen molar-refractivity contribution in [1.82, 2.24) is 0 Å². The maximum atomic E-state index is 9.17. The lowest BCUT2D eigenvalue weighted by Crippen LogP contribution is -1.74. The van der Waals surface area contributed by atoms with Gasteiger partial charge in [0.2, 0.25) is 0 Å². The zero-order valence-electron chi connectivity index (χ0n) is 9.51. The molecule has 0 fully saturated rings. The Labute approximate surface area is 101 Å². The fraction of sp³-hybridized carbons (Fsp3) is 0. The van der Waals surface area contributed by atoms with Gasteiger partial charge in [0.1, 0.15) is 5.75 Å². The number of phenols is 1. The molecular weight excluding hydrogens is 208 g/mol. The minimum Gasteiger partial charge on any atom is -0.508 e. The van der Waals surface area contributed by atoms with Crippen LogP contribution in [0.3, 0.4) is 0 Å². The van der Waals surface area contributed by atoms with Gasteiger partial charge >= 0.3 is 0 Å². The fourth-order valence-electron chi connectivity index (χ4n) is 1.52. The summed E-state index contributed by atoms with van der Waals surface area (Å²) in [6, 6.07) is 15.3. The van der Waals surface area contributed by atoms with E-state index in [1.807, 2.05) is 54.6 Å². The van der Waals surface area contributed by atoms with Crippen LogP contribution in [0.4, 0.5) is 0 Å². The van der Waals surface area contributed by atoms with E-state index < -0.39 is 0 Å². The van der Waals surface area contributed by atoms with Crippen LogP contribution in [-0.2, 0) is 0 Å². The van der Waals surface area contributed by atoms with Gasteiger partial charge in [-0.1, -0.05) is 61.2 Å². The lowest BCUT2D eigenvalue weighted by atomic mass is 10.1. The molecule has 2 aromatic rings. The summed E-state index contributed by atoms with van der Waals surface area (Å²) in [4.78, 5) is 0. The zero-order chi connectivity index (χ0) is 12.1. The monoisotopic (exact) mass is 222 g/mol. The first-order valence-corrected chi connectivity index (χ1v) is 5.47. The Hall–Kier alpha value is -2.28. The first-order chi connectivity index (χ1) is 8.28. The number of hydrogen-bond donors (Lipinski definition) is 1. The van der Waals surface area contributed by atoms with Gasteiger partial charge in [0.15, 0.2) is 0 Å². The lowest BCUT2D eigenvalue weighted by molar-refractivity contribution is 0.475. The Morgan fingerprint density at radius 3 is 1.59 bits per heavy atom. The van der Waals surface area contributed by atoms with E-state index in [0.29, 0.717) is 0 Å². The smallest absolute Gasteiger partial charge is 0.115 e. The highest BCUT2D eigenvalue weighted by molar-refractivity contribution is 5.70. The Kier molecular flexibility index (Phi) is 3.41. The van der Waals surface area contributed by atoms with Crippen molar-refractivity contribution in [1.29, 1.82) is 0 Å². The fourth-order valence-corrected chi connectivity index (χ4v) is 1.52. The van der Waals surface area contributed by atoms with E-state index in [-0.39, 0.29) is 5.75 Å². The van der Waals surface area contributed by atoms with Crippen molar-refractivity contribution in [3.05, 3.63) is 71.8 Å². The van der Waals surface area contributed by atoms with Crippen LogP contribution < -0.4 is 0 Å². The third kappa shape index (κ3) is 3.08. The van der Waals surface area contributed by atoms with E-state index >= 15 is 0 Å². The predicted molar refractivity (Wildman–Crippen MR) is 73.6 cm³/mol. The maximum Gasteiger partial charge on any atom is 0.115 e. The van der Waals surface area contributed by atoms with E-state index in [1.54, 1.807) is 12.1 Å². The van der Waals surface area contributed by atoms with Crippen molar-refractivity contribution in [2.45, 2.75) is 0 Å². The molecule has 0 aliphatic heterocycles. The first kappa shape index (κ1) is 11.2. The number of aromatic hydroxyl groups is 1. The van der Waals surface area contributed by atoms with Gasteiger partial charge in [0.25, 0.3) is 0 Å². The summed E-state index contributed by atoms with van der Waals surface area (Å²) in [5, 5.41) is 9.17. The summed E-state index contributed by atoms with van der Waals surface area (Å²) in [5.74, 6) is 0.289. The summed E-state index contributed by atoms with van der Waals surface area (Å²) < 4.78 is 0. The molecule has 0 aliphatic rings. The van der Waals surface area contributed by atoms with Gasteiger partial charge in [-0.2, -0.15) is 0 Å². The summed E-state index contributed by atoms with van der Waals surface area (Å²) in [5.41, 5.74) is 3.33. The highest BCUT2D eigenvalue weighted by Crippen LogP contribution is 2.13. The topological polar surface area (TPSA) is 20.2 Å². The first-order valence-electron chi connectivity index (χ1n) is 5.47. The van der Waals surface area contributed by atoms with Gasteiger partial charge in [0, 0.05) is 0 Å². The van der Waals surface area contributed by atoms with E-state index in [4.69, 9.17) is 5.11 Å². The molecule has 1 N–H and O–H groups in total. The van der Waals surface area contributed by atoms with Crippen LogP contribution in [0.25, 0.3) is 18.2 Å². The molecule has 84 valence electrons. The quantitative estimate of drug-likeness (QED) is 0.771. The minimum atomic E-state index is 0.289. The molecule has 0 bridgehead atoms. The third-order valence-corrected chi connectivity index (χ3v) is 2.53. The third-order valence-electron chi connectivity index (χ3n) is 2.53. The Bertz CT molecular complexity index is 518. The zero-order valence-corrected chi connectivity index (χ0v) is 9.51. The molecule has 0 aliphatic carbocycles. The molecule has 0 radical (unpaired) electrons. The van der Waals surface area contributed by atoms with Gasteiger partial charge in [-0.25, -0.2) is 0 Å². The van der Waals surface area contributed by atoms with E-state index in [1.165, 1.54) is 0 Å². The van der Waals surface area contributed by atoms with Crippen molar-refractivity contribution < 1.29 is 5.11 Å². The molecule has 0 saturated carbocycles. The van der Waals surface area contributed by atoms with Crippen LogP contribution >= 0.6 is 0 Å². The minimum absolute atomic E-state index is 0.289. The van der Waals surface area contributed by atoms with Crippen molar-refractivity contribution >= 4 is 18.2 Å². The molecule has 0 atom stereocenters. The van der Waals surface area contributed by atoms with Gasteiger partial charge in [0.05, 0.1) is 0 Å². The lowest BCUT2D eigenvalue weighted by Gasteiger charge is -1.96. The second kappa shape index (κ2) is 5.17. The molecule has 0 amide bonds. The number of phenolic OH excluding ortho intramolecular Hbond substituents is 1. The molecule has 0 spiro atoms. The summed E-state index contributed by atoms with van der Waals surface area (Å²) in [6.45, 7) is 3.72. The maximum absolute atomic E-state index is 9.17. The standard InChI is InChI=1S/C16H14O/c1-2-13-3-5-14(6-4-13)7-8-15-9-11-16(17)12-10-15/h2-12,17H,1H2/b8-7+. The molecule has 1 heteroatoms. The van der Waals surface area contributed by atoms with Gasteiger partial charge < -0.3 is 5.11 Å². The van der Waals surface area contributed by atoms with Gasteiger partial charge in [-0.3, -0.25) is 0 Å². The molecule has 2 aromatic carbocycles. The van der Waals surface area contributed by atoms with Crippen LogP contribution in [0.15, 0.2) is 55.1 Å².